The van der Waals surface area contributed by atoms with Crippen molar-refractivity contribution in [2.45, 2.75) is 38.1 Å². The van der Waals surface area contributed by atoms with Crippen LogP contribution in [0.15, 0.2) is 70.0 Å². The Balaban J connectivity index is 1.95. The first-order valence-electron chi connectivity index (χ1n) is 10.8. The molecule has 0 unspecified atom stereocenters. The fraction of sp³-hybridized carbons (Fsp3) is 0.240. The lowest BCUT2D eigenvalue weighted by atomic mass is 10.0. The van der Waals surface area contributed by atoms with Gasteiger partial charge in [0.25, 0.3) is 0 Å². The minimum Gasteiger partial charge on any atom is -0.324 e. The molecule has 180 valence electrons. The molecule has 3 aromatic rings. The van der Waals surface area contributed by atoms with Crippen molar-refractivity contribution in [3.05, 3.63) is 92.7 Å². The predicted molar refractivity (Wildman–Crippen MR) is 137 cm³/mol. The third kappa shape index (κ3) is 6.24. The molecule has 5 nitrogen and oxygen atoms in total. The van der Waals surface area contributed by atoms with E-state index in [4.69, 9.17) is 11.6 Å². The Labute approximate surface area is 213 Å². The van der Waals surface area contributed by atoms with Gasteiger partial charge in [-0.25, -0.2) is 12.8 Å². The van der Waals surface area contributed by atoms with E-state index in [0.717, 1.165) is 19.9 Å². The number of hydrogen-bond donors (Lipinski definition) is 1. The summed E-state index contributed by atoms with van der Waals surface area (Å²) in [6.07, 6.45) is 1.37. The van der Waals surface area contributed by atoms with Crippen molar-refractivity contribution in [2.75, 3.05) is 11.9 Å². The molecule has 3 aromatic carbocycles. The van der Waals surface area contributed by atoms with E-state index < -0.39 is 28.3 Å². The molecule has 0 aromatic heterocycles. The number of rotatable bonds is 9. The predicted octanol–water partition coefficient (Wildman–Crippen LogP) is 6.20. The first kappa shape index (κ1) is 26.3. The van der Waals surface area contributed by atoms with Crippen LogP contribution in [-0.2, 0) is 34.2 Å². The lowest BCUT2D eigenvalue weighted by molar-refractivity contribution is -0.116. The van der Waals surface area contributed by atoms with E-state index in [0.29, 0.717) is 23.6 Å². The van der Waals surface area contributed by atoms with Gasteiger partial charge in [-0.2, -0.15) is 4.31 Å². The lowest BCUT2D eigenvalue weighted by Crippen LogP contribution is -2.38. The van der Waals surface area contributed by atoms with E-state index >= 15 is 0 Å². The van der Waals surface area contributed by atoms with Gasteiger partial charge >= 0.3 is 0 Å². The maximum Gasteiger partial charge on any atom is 0.243 e. The molecule has 0 saturated carbocycles. The molecule has 1 amide bonds. The highest BCUT2D eigenvalue weighted by Gasteiger charge is 2.28. The highest BCUT2D eigenvalue weighted by molar-refractivity contribution is 9.10. The Hall–Kier alpha value is -2.26. The summed E-state index contributed by atoms with van der Waals surface area (Å²) in [5.41, 5.74) is 2.70. The van der Waals surface area contributed by atoms with E-state index in [2.05, 4.69) is 21.2 Å². The zero-order valence-electron chi connectivity index (χ0n) is 18.8. The van der Waals surface area contributed by atoms with Crippen LogP contribution < -0.4 is 5.32 Å². The summed E-state index contributed by atoms with van der Waals surface area (Å²) < 4.78 is 43.1. The number of nitrogens with zero attached hydrogens (tertiary/aromatic N) is 1. The van der Waals surface area contributed by atoms with Gasteiger partial charge in [0.15, 0.2) is 0 Å². The van der Waals surface area contributed by atoms with Gasteiger partial charge in [0.2, 0.25) is 15.9 Å². The topological polar surface area (TPSA) is 66.5 Å². The molecular formula is C25H25BrClFN2O3S. The molecule has 0 heterocycles. The summed E-state index contributed by atoms with van der Waals surface area (Å²) in [6, 6.07) is 15.4. The Morgan fingerprint density at radius 2 is 1.59 bits per heavy atom. The van der Waals surface area contributed by atoms with E-state index in [1.165, 1.54) is 42.5 Å². The molecule has 34 heavy (non-hydrogen) atoms. The van der Waals surface area contributed by atoms with E-state index in [9.17, 15) is 17.6 Å². The number of carbonyl (C=O) groups excluding carboxylic acids is 1. The van der Waals surface area contributed by atoms with Crippen LogP contribution in [0.1, 0.15) is 30.5 Å². The zero-order chi connectivity index (χ0) is 24.9. The second-order valence-corrected chi connectivity index (χ2v) is 11.0. The molecule has 0 spiro atoms. The Morgan fingerprint density at radius 1 is 1.00 bits per heavy atom. The van der Waals surface area contributed by atoms with Crippen molar-refractivity contribution < 1.29 is 17.6 Å². The van der Waals surface area contributed by atoms with Gasteiger partial charge in [-0.1, -0.05) is 59.6 Å². The highest BCUT2D eigenvalue weighted by Crippen LogP contribution is 2.28. The molecule has 3 rings (SSSR count). The van der Waals surface area contributed by atoms with Crippen molar-refractivity contribution >= 4 is 49.1 Å². The van der Waals surface area contributed by atoms with Crippen LogP contribution in [0.2, 0.25) is 5.02 Å². The maximum atomic E-state index is 14.4. The molecule has 0 atom stereocenters. The van der Waals surface area contributed by atoms with Gasteiger partial charge in [0, 0.05) is 27.3 Å². The Kier molecular flexibility index (Phi) is 8.87. The average Bonchev–Trinajstić information content (AvgIpc) is 2.81. The average molecular weight is 568 g/mol. The second kappa shape index (κ2) is 11.4. The van der Waals surface area contributed by atoms with Crippen molar-refractivity contribution in [1.29, 1.82) is 0 Å². The van der Waals surface area contributed by atoms with Crippen molar-refractivity contribution in [3.63, 3.8) is 0 Å². The first-order valence-corrected chi connectivity index (χ1v) is 13.4. The SMILES string of the molecule is CCc1cc(Br)cc(CC)c1NC(=O)CN(Cc1ccccc1F)S(=O)(=O)c1ccc(Cl)cc1. The molecule has 0 bridgehead atoms. The molecule has 0 aliphatic rings. The molecule has 0 aliphatic carbocycles. The van der Waals surface area contributed by atoms with Crippen LogP contribution >= 0.6 is 27.5 Å². The van der Waals surface area contributed by atoms with E-state index in [1.54, 1.807) is 6.07 Å². The van der Waals surface area contributed by atoms with Gasteiger partial charge in [-0.05, 0) is 66.4 Å². The third-order valence-electron chi connectivity index (χ3n) is 5.37. The van der Waals surface area contributed by atoms with E-state index in [1.807, 2.05) is 26.0 Å². The van der Waals surface area contributed by atoms with Gasteiger partial charge < -0.3 is 5.32 Å². The minimum absolute atomic E-state index is 0.0341. The number of aryl methyl sites for hydroxylation is 2. The maximum absolute atomic E-state index is 14.4. The molecule has 0 fully saturated rings. The largest absolute Gasteiger partial charge is 0.324 e. The summed E-state index contributed by atoms with van der Waals surface area (Å²) in [6.45, 7) is 3.17. The number of carbonyl (C=O) groups is 1. The van der Waals surface area contributed by atoms with Gasteiger partial charge in [-0.15, -0.1) is 0 Å². The molecule has 0 radical (unpaired) electrons. The molecule has 0 aliphatic heterocycles. The number of anilines is 1. The van der Waals surface area contributed by atoms with Gasteiger partial charge in [0.1, 0.15) is 5.82 Å². The minimum atomic E-state index is -4.12. The van der Waals surface area contributed by atoms with Crippen LogP contribution in [0.5, 0.6) is 0 Å². The van der Waals surface area contributed by atoms with Crippen LogP contribution in [0.3, 0.4) is 0 Å². The van der Waals surface area contributed by atoms with Crippen LogP contribution in [0, 0.1) is 5.82 Å². The number of hydrogen-bond acceptors (Lipinski definition) is 3. The van der Waals surface area contributed by atoms with Crippen molar-refractivity contribution in [3.8, 4) is 0 Å². The van der Waals surface area contributed by atoms with Gasteiger partial charge in [0.05, 0.1) is 11.4 Å². The quantitative estimate of drug-likeness (QED) is 0.335. The van der Waals surface area contributed by atoms with Gasteiger partial charge in [-0.3, -0.25) is 4.79 Å². The number of nitrogens with one attached hydrogen (secondary N) is 1. The molecule has 1 N–H and O–H groups in total. The number of sulfonamides is 1. The molecule has 9 heteroatoms. The fourth-order valence-corrected chi connectivity index (χ4v) is 5.63. The van der Waals surface area contributed by atoms with Crippen LogP contribution in [-0.4, -0.2) is 25.2 Å². The fourth-order valence-electron chi connectivity index (χ4n) is 3.58. The standard InChI is InChI=1S/C25H25BrClFN2O3S/c1-3-17-13-20(26)14-18(4-2)25(17)29-24(31)16-30(15-19-7-5-6-8-23(19)28)34(32,33)22-11-9-21(27)10-12-22/h5-14H,3-4,15-16H2,1-2H3,(H,29,31). The van der Waals surface area contributed by atoms with E-state index in [-0.39, 0.29) is 17.0 Å². The summed E-state index contributed by atoms with van der Waals surface area (Å²) in [4.78, 5) is 13.1. The van der Waals surface area contributed by atoms with Crippen molar-refractivity contribution in [2.24, 2.45) is 0 Å². The van der Waals surface area contributed by atoms with Crippen LogP contribution in [0.4, 0.5) is 10.1 Å². The summed E-state index contributed by atoms with van der Waals surface area (Å²) in [7, 11) is -4.12. The summed E-state index contributed by atoms with van der Waals surface area (Å²) >= 11 is 9.40. The zero-order valence-corrected chi connectivity index (χ0v) is 22.0. The number of amides is 1. The lowest BCUT2D eigenvalue weighted by Gasteiger charge is -2.23. The van der Waals surface area contributed by atoms with Crippen molar-refractivity contribution in [1.82, 2.24) is 4.31 Å². The summed E-state index contributed by atoms with van der Waals surface area (Å²) in [5.74, 6) is -1.06. The van der Waals surface area contributed by atoms with Crippen LogP contribution in [0.25, 0.3) is 0 Å². The molecule has 0 saturated heterocycles. The third-order valence-corrected chi connectivity index (χ3v) is 7.88. The molecular weight excluding hydrogens is 543 g/mol. The summed E-state index contributed by atoms with van der Waals surface area (Å²) in [5, 5.41) is 3.27. The second-order valence-electron chi connectivity index (χ2n) is 7.67. The smallest absolute Gasteiger partial charge is 0.243 e. The Bertz CT molecular complexity index is 1260. The highest BCUT2D eigenvalue weighted by atomic mass is 79.9. The monoisotopic (exact) mass is 566 g/mol. The normalized spacial score (nSPS) is 11.6. The first-order chi connectivity index (χ1) is 16.1. The Morgan fingerprint density at radius 3 is 2.15 bits per heavy atom. The number of benzene rings is 3. The number of halogens is 3.